The molecule has 0 spiro atoms. The summed E-state index contributed by atoms with van der Waals surface area (Å²) in [5, 5.41) is 10.3. The number of Topliss-reactive ketones (excluding diaryl/α,β-unsaturated/α-hetero) is 1. The number of carbonyl (C=O) groups excluding carboxylic acids is 1. The Morgan fingerprint density at radius 2 is 1.95 bits per heavy atom. The lowest BCUT2D eigenvalue weighted by Gasteiger charge is -2.36. The largest absolute Gasteiger partial charge is 0.393 e. The third-order valence-electron chi connectivity index (χ3n) is 5.17. The fourth-order valence-electron chi connectivity index (χ4n) is 4.29. The van der Waals surface area contributed by atoms with Crippen molar-refractivity contribution in [3.8, 4) is 0 Å². The smallest absolute Gasteiger partial charge is 0.136 e. The van der Waals surface area contributed by atoms with Crippen LogP contribution in [0.2, 0.25) is 0 Å². The first-order valence-electron chi connectivity index (χ1n) is 7.56. The van der Waals surface area contributed by atoms with Gasteiger partial charge in [0.1, 0.15) is 5.78 Å². The Morgan fingerprint density at radius 3 is 2.60 bits per heavy atom. The molecule has 3 heteroatoms. The summed E-state index contributed by atoms with van der Waals surface area (Å²) in [6, 6.07) is 8.58. The van der Waals surface area contributed by atoms with E-state index in [0.29, 0.717) is 24.0 Å². The van der Waals surface area contributed by atoms with E-state index in [0.717, 1.165) is 19.3 Å². The van der Waals surface area contributed by atoms with Gasteiger partial charge >= 0.3 is 0 Å². The van der Waals surface area contributed by atoms with Crippen molar-refractivity contribution in [2.24, 2.45) is 17.8 Å². The predicted octanol–water partition coefficient (Wildman–Crippen LogP) is 3.76. The molecule has 0 saturated heterocycles. The van der Waals surface area contributed by atoms with Gasteiger partial charge in [0.25, 0.3) is 0 Å². The van der Waals surface area contributed by atoms with Crippen molar-refractivity contribution in [3.63, 3.8) is 0 Å². The summed E-state index contributed by atoms with van der Waals surface area (Å²) in [4.78, 5) is 12.4. The molecule has 0 radical (unpaired) electrons. The lowest BCUT2D eigenvalue weighted by molar-refractivity contribution is -0.127. The standard InChI is InChI=1S/C17H21IO2/c1-2-15(19)17-13(11-3-5-12(18)6-4-11)7-10-8-14(17)16(20)9-10/h3-6,10,13-14,16-17,20H,2,7-9H2,1H3/t10?,13-,14+,16?,17+/m1/s1. The molecule has 2 nitrogen and oxygen atoms in total. The summed E-state index contributed by atoms with van der Waals surface area (Å²) in [5.74, 6) is 1.44. The van der Waals surface area contributed by atoms with Crippen LogP contribution in [0.25, 0.3) is 0 Å². The molecule has 5 atom stereocenters. The molecule has 2 aliphatic rings. The van der Waals surface area contributed by atoms with Gasteiger partial charge in [-0.25, -0.2) is 0 Å². The zero-order valence-corrected chi connectivity index (χ0v) is 13.9. The lowest BCUT2D eigenvalue weighted by Crippen LogP contribution is -2.35. The molecule has 108 valence electrons. The topological polar surface area (TPSA) is 37.3 Å². The van der Waals surface area contributed by atoms with Crippen LogP contribution in [-0.2, 0) is 4.79 Å². The highest BCUT2D eigenvalue weighted by Crippen LogP contribution is 2.52. The molecule has 1 aromatic rings. The number of carbonyl (C=O) groups is 1. The van der Waals surface area contributed by atoms with Gasteiger partial charge in [-0.15, -0.1) is 0 Å². The molecule has 0 aliphatic heterocycles. The Bertz CT molecular complexity index is 496. The van der Waals surface area contributed by atoms with Crippen molar-refractivity contribution in [3.05, 3.63) is 33.4 Å². The number of halogens is 1. The Morgan fingerprint density at radius 1 is 1.25 bits per heavy atom. The second-order valence-corrected chi connectivity index (χ2v) is 7.55. The molecule has 0 amide bonds. The zero-order valence-electron chi connectivity index (χ0n) is 11.8. The number of hydrogen-bond acceptors (Lipinski definition) is 2. The second-order valence-electron chi connectivity index (χ2n) is 6.31. The van der Waals surface area contributed by atoms with E-state index in [1.54, 1.807) is 0 Å². The molecule has 20 heavy (non-hydrogen) atoms. The Balaban J connectivity index is 1.95. The molecule has 0 heterocycles. The maximum Gasteiger partial charge on any atom is 0.136 e. The van der Waals surface area contributed by atoms with Crippen molar-refractivity contribution in [2.45, 2.75) is 44.6 Å². The van der Waals surface area contributed by atoms with Crippen molar-refractivity contribution in [1.29, 1.82) is 0 Å². The van der Waals surface area contributed by atoms with E-state index in [4.69, 9.17) is 0 Å². The number of benzene rings is 1. The maximum atomic E-state index is 12.4. The van der Waals surface area contributed by atoms with Crippen LogP contribution in [0, 0.1) is 21.3 Å². The summed E-state index contributed by atoms with van der Waals surface area (Å²) < 4.78 is 1.23. The maximum absolute atomic E-state index is 12.4. The Labute approximate surface area is 134 Å². The summed E-state index contributed by atoms with van der Waals surface area (Å²) in [6.07, 6.45) is 3.30. The minimum absolute atomic E-state index is 0.0220. The number of fused-ring (bicyclic) bond motifs is 2. The van der Waals surface area contributed by atoms with E-state index in [1.807, 2.05) is 6.92 Å². The molecule has 2 saturated carbocycles. The SMILES string of the molecule is CCC(=O)[C@H]1[C@@H](c2ccc(I)cc2)CC2CC(O)[C@@H]1C2. The quantitative estimate of drug-likeness (QED) is 0.806. The fraction of sp³-hybridized carbons (Fsp3) is 0.588. The number of rotatable bonds is 3. The van der Waals surface area contributed by atoms with Gasteiger partial charge < -0.3 is 5.11 Å². The van der Waals surface area contributed by atoms with Crippen LogP contribution in [0.15, 0.2) is 24.3 Å². The van der Waals surface area contributed by atoms with E-state index in [-0.39, 0.29) is 17.9 Å². The van der Waals surface area contributed by atoms with Gasteiger partial charge in [0.2, 0.25) is 0 Å². The molecule has 2 fully saturated rings. The monoisotopic (exact) mass is 384 g/mol. The summed E-state index contributed by atoms with van der Waals surface area (Å²) in [5.41, 5.74) is 1.28. The number of ketones is 1. The molecule has 1 aromatic carbocycles. The number of hydrogen-bond donors (Lipinski definition) is 1. The average molecular weight is 384 g/mol. The van der Waals surface area contributed by atoms with Gasteiger partial charge in [-0.2, -0.15) is 0 Å². The van der Waals surface area contributed by atoms with Crippen molar-refractivity contribution in [1.82, 2.24) is 0 Å². The molecule has 3 rings (SSSR count). The molecule has 1 N–H and O–H groups in total. The Hall–Kier alpha value is -0.420. The van der Waals surface area contributed by atoms with Crippen molar-refractivity contribution in [2.75, 3.05) is 0 Å². The van der Waals surface area contributed by atoms with Gasteiger partial charge in [-0.3, -0.25) is 4.79 Å². The number of aliphatic hydroxyl groups is 1. The van der Waals surface area contributed by atoms with Crippen LogP contribution >= 0.6 is 22.6 Å². The lowest BCUT2D eigenvalue weighted by atomic mass is 9.67. The van der Waals surface area contributed by atoms with E-state index >= 15 is 0 Å². The first-order valence-corrected chi connectivity index (χ1v) is 8.64. The highest BCUT2D eigenvalue weighted by Gasteiger charge is 2.49. The molecular formula is C17H21IO2. The van der Waals surface area contributed by atoms with Crippen LogP contribution < -0.4 is 0 Å². The van der Waals surface area contributed by atoms with Gasteiger partial charge in [0.05, 0.1) is 6.10 Å². The second kappa shape index (κ2) is 5.76. The highest BCUT2D eigenvalue weighted by atomic mass is 127. The summed E-state index contributed by atoms with van der Waals surface area (Å²) >= 11 is 2.31. The minimum Gasteiger partial charge on any atom is -0.393 e. The van der Waals surface area contributed by atoms with E-state index in [1.165, 1.54) is 9.13 Å². The van der Waals surface area contributed by atoms with Gasteiger partial charge in [0.15, 0.2) is 0 Å². The minimum atomic E-state index is -0.269. The van der Waals surface area contributed by atoms with E-state index in [2.05, 4.69) is 46.9 Å². The highest BCUT2D eigenvalue weighted by molar-refractivity contribution is 14.1. The van der Waals surface area contributed by atoms with Crippen molar-refractivity contribution < 1.29 is 9.90 Å². The molecule has 2 aliphatic carbocycles. The van der Waals surface area contributed by atoms with Crippen LogP contribution in [-0.4, -0.2) is 17.0 Å². The third kappa shape index (κ3) is 2.54. The number of aliphatic hydroxyl groups excluding tert-OH is 1. The van der Waals surface area contributed by atoms with E-state index < -0.39 is 0 Å². The normalized spacial score (nSPS) is 36.0. The van der Waals surface area contributed by atoms with Crippen LogP contribution in [0.5, 0.6) is 0 Å². The van der Waals surface area contributed by atoms with Gasteiger partial charge in [-0.1, -0.05) is 19.1 Å². The van der Waals surface area contributed by atoms with E-state index in [9.17, 15) is 9.90 Å². The zero-order chi connectivity index (χ0) is 14.3. The third-order valence-corrected chi connectivity index (χ3v) is 5.89. The fourth-order valence-corrected chi connectivity index (χ4v) is 4.65. The van der Waals surface area contributed by atoms with Gasteiger partial charge in [0, 0.05) is 15.9 Å². The summed E-state index contributed by atoms with van der Waals surface area (Å²) in [6.45, 7) is 1.95. The molecule has 2 bridgehead atoms. The van der Waals surface area contributed by atoms with Crippen LogP contribution in [0.4, 0.5) is 0 Å². The summed E-state index contributed by atoms with van der Waals surface area (Å²) in [7, 11) is 0. The molecule has 0 aromatic heterocycles. The average Bonchev–Trinajstić information content (AvgIpc) is 2.74. The molecule has 2 unspecified atom stereocenters. The first-order chi connectivity index (χ1) is 9.60. The van der Waals surface area contributed by atoms with Crippen LogP contribution in [0.3, 0.4) is 0 Å². The predicted molar refractivity (Wildman–Crippen MR) is 87.5 cm³/mol. The first kappa shape index (κ1) is 14.5. The molecular weight excluding hydrogens is 363 g/mol. The van der Waals surface area contributed by atoms with Gasteiger partial charge in [-0.05, 0) is 77.3 Å². The Kier molecular flexibility index (Phi) is 4.18. The van der Waals surface area contributed by atoms with Crippen LogP contribution in [0.1, 0.15) is 44.1 Å². The van der Waals surface area contributed by atoms with Crippen molar-refractivity contribution >= 4 is 28.4 Å².